The largest absolute Gasteiger partial charge is 0.508 e. The van der Waals surface area contributed by atoms with E-state index in [1.807, 2.05) is 19.2 Å². The van der Waals surface area contributed by atoms with Crippen molar-refractivity contribution < 1.29 is 5.11 Å². The highest BCUT2D eigenvalue weighted by Crippen LogP contribution is 2.28. The van der Waals surface area contributed by atoms with Crippen molar-refractivity contribution in [1.29, 1.82) is 5.26 Å². The highest BCUT2D eigenvalue weighted by atomic mass is 32.2. The zero-order valence-corrected chi connectivity index (χ0v) is 8.48. The van der Waals surface area contributed by atoms with Crippen molar-refractivity contribution in [3.8, 4) is 11.8 Å². The fourth-order valence-corrected chi connectivity index (χ4v) is 1.81. The summed E-state index contributed by atoms with van der Waals surface area (Å²) in [5.74, 6) is 0.267. The number of hydrogen-bond donors (Lipinski definition) is 1. The van der Waals surface area contributed by atoms with Gasteiger partial charge in [-0.05, 0) is 36.4 Å². The molecule has 0 atom stereocenters. The van der Waals surface area contributed by atoms with Crippen LogP contribution < -0.4 is 0 Å². The van der Waals surface area contributed by atoms with Crippen LogP contribution in [0.3, 0.4) is 0 Å². The molecule has 0 saturated heterocycles. The van der Waals surface area contributed by atoms with Crippen molar-refractivity contribution in [2.45, 2.75) is 18.2 Å². The average Bonchev–Trinajstić information content (AvgIpc) is 2.11. The van der Waals surface area contributed by atoms with Crippen molar-refractivity contribution in [2.24, 2.45) is 0 Å². The maximum Gasteiger partial charge on any atom is 0.118 e. The van der Waals surface area contributed by atoms with Crippen LogP contribution >= 0.6 is 11.8 Å². The Kier molecular flexibility index (Phi) is 3.21. The zero-order valence-electron chi connectivity index (χ0n) is 7.66. The van der Waals surface area contributed by atoms with Crippen LogP contribution in [0.4, 0.5) is 0 Å². The van der Waals surface area contributed by atoms with E-state index in [9.17, 15) is 5.11 Å². The molecule has 0 unspecified atom stereocenters. The molecule has 0 amide bonds. The second-order valence-corrected chi connectivity index (χ2v) is 3.63. The predicted molar refractivity (Wildman–Crippen MR) is 53.9 cm³/mol. The molecule has 0 radical (unpaired) electrons. The van der Waals surface area contributed by atoms with Gasteiger partial charge in [-0.3, -0.25) is 0 Å². The maximum atomic E-state index is 9.43. The number of aromatic hydroxyl groups is 1. The third kappa shape index (κ3) is 2.16. The summed E-state index contributed by atoms with van der Waals surface area (Å²) in [6.45, 7) is 1.85. The first-order valence-corrected chi connectivity index (χ1v) is 5.15. The second kappa shape index (κ2) is 4.20. The molecule has 0 heterocycles. The Bertz CT molecular complexity index is 355. The molecule has 0 aromatic heterocycles. The average molecular weight is 193 g/mol. The van der Waals surface area contributed by atoms with Gasteiger partial charge < -0.3 is 5.11 Å². The van der Waals surface area contributed by atoms with E-state index in [0.717, 1.165) is 16.0 Å². The molecule has 3 heteroatoms. The number of aryl methyl sites for hydroxylation is 1. The van der Waals surface area contributed by atoms with Crippen molar-refractivity contribution in [3.05, 3.63) is 23.3 Å². The highest BCUT2D eigenvalue weighted by molar-refractivity contribution is 7.98. The smallest absolute Gasteiger partial charge is 0.118 e. The molecular formula is C10H11NOS. The lowest BCUT2D eigenvalue weighted by Gasteiger charge is -2.06. The molecular weight excluding hydrogens is 182 g/mol. The van der Waals surface area contributed by atoms with Gasteiger partial charge in [0.15, 0.2) is 0 Å². The summed E-state index contributed by atoms with van der Waals surface area (Å²) in [4.78, 5) is 1.07. The molecule has 0 saturated carbocycles. The Balaban J connectivity index is 3.18. The van der Waals surface area contributed by atoms with E-state index in [4.69, 9.17) is 5.26 Å². The van der Waals surface area contributed by atoms with E-state index in [0.29, 0.717) is 6.42 Å². The fourth-order valence-electron chi connectivity index (χ4n) is 1.13. The van der Waals surface area contributed by atoms with Crippen molar-refractivity contribution in [1.82, 2.24) is 0 Å². The summed E-state index contributed by atoms with van der Waals surface area (Å²) in [5.41, 5.74) is 1.75. The molecule has 0 fully saturated rings. The predicted octanol–water partition coefficient (Wildman–Crippen LogP) is 2.49. The molecule has 68 valence electrons. The highest BCUT2D eigenvalue weighted by Gasteiger charge is 2.05. The number of thioether (sulfide) groups is 1. The van der Waals surface area contributed by atoms with Crippen LogP contribution in [0, 0.1) is 18.3 Å². The summed E-state index contributed by atoms with van der Waals surface area (Å²) >= 11 is 1.60. The Morgan fingerprint density at radius 2 is 2.23 bits per heavy atom. The summed E-state index contributed by atoms with van der Waals surface area (Å²) in [6.07, 6.45) is 2.32. The molecule has 1 aromatic rings. The maximum absolute atomic E-state index is 9.43. The molecule has 1 aromatic carbocycles. The Hall–Kier alpha value is -1.14. The Morgan fingerprint density at radius 1 is 1.54 bits per heavy atom. The number of nitrogens with zero attached hydrogens (tertiary/aromatic N) is 1. The standard InChI is InChI=1S/C10H11NOS/c1-7-5-10(13-2)8(3-4-11)6-9(7)12/h5-6,12H,3H2,1-2H3. The number of hydrogen-bond acceptors (Lipinski definition) is 3. The molecule has 1 rings (SSSR count). The van der Waals surface area contributed by atoms with Gasteiger partial charge in [0.25, 0.3) is 0 Å². The van der Waals surface area contributed by atoms with Crippen LogP contribution in [0.1, 0.15) is 11.1 Å². The molecule has 2 nitrogen and oxygen atoms in total. The summed E-state index contributed by atoms with van der Waals surface area (Å²) in [7, 11) is 0. The number of rotatable bonds is 2. The quantitative estimate of drug-likeness (QED) is 0.734. The van der Waals surface area contributed by atoms with E-state index < -0.39 is 0 Å². The molecule has 0 aliphatic rings. The van der Waals surface area contributed by atoms with Crippen LogP contribution in [0.25, 0.3) is 0 Å². The van der Waals surface area contributed by atoms with Gasteiger partial charge in [0.1, 0.15) is 5.75 Å². The van der Waals surface area contributed by atoms with E-state index in [1.165, 1.54) is 0 Å². The van der Waals surface area contributed by atoms with Gasteiger partial charge in [-0.1, -0.05) is 0 Å². The molecule has 0 aliphatic heterocycles. The lowest BCUT2D eigenvalue weighted by Crippen LogP contribution is -1.88. The van der Waals surface area contributed by atoms with Crippen LogP contribution in [0.2, 0.25) is 0 Å². The molecule has 13 heavy (non-hydrogen) atoms. The second-order valence-electron chi connectivity index (χ2n) is 2.79. The normalized spacial score (nSPS) is 9.62. The van der Waals surface area contributed by atoms with Gasteiger partial charge in [0, 0.05) is 4.90 Å². The van der Waals surface area contributed by atoms with Gasteiger partial charge in [-0.25, -0.2) is 0 Å². The van der Waals surface area contributed by atoms with E-state index in [-0.39, 0.29) is 5.75 Å². The Morgan fingerprint density at radius 3 is 2.77 bits per heavy atom. The Labute approximate surface area is 82.2 Å². The van der Waals surface area contributed by atoms with Crippen LogP contribution in [0.5, 0.6) is 5.75 Å². The molecule has 1 N–H and O–H groups in total. The number of phenols is 1. The fraction of sp³-hybridized carbons (Fsp3) is 0.300. The van der Waals surface area contributed by atoms with Gasteiger partial charge in [0.2, 0.25) is 0 Å². The first-order valence-electron chi connectivity index (χ1n) is 3.92. The van der Waals surface area contributed by atoms with Crippen molar-refractivity contribution >= 4 is 11.8 Å². The molecule has 0 bridgehead atoms. The van der Waals surface area contributed by atoms with Crippen LogP contribution in [-0.2, 0) is 6.42 Å². The van der Waals surface area contributed by atoms with E-state index >= 15 is 0 Å². The SMILES string of the molecule is CSc1cc(C)c(O)cc1CC#N. The number of benzene rings is 1. The summed E-state index contributed by atoms with van der Waals surface area (Å²) in [6, 6.07) is 5.66. The van der Waals surface area contributed by atoms with Gasteiger partial charge in [-0.15, -0.1) is 11.8 Å². The first kappa shape index (κ1) is 9.94. The molecule has 0 aliphatic carbocycles. The van der Waals surface area contributed by atoms with Crippen molar-refractivity contribution in [2.75, 3.05) is 6.26 Å². The lowest BCUT2D eigenvalue weighted by atomic mass is 10.1. The lowest BCUT2D eigenvalue weighted by molar-refractivity contribution is 0.470. The van der Waals surface area contributed by atoms with Gasteiger partial charge in [-0.2, -0.15) is 5.26 Å². The van der Waals surface area contributed by atoms with Gasteiger partial charge >= 0.3 is 0 Å². The zero-order chi connectivity index (χ0) is 9.84. The third-order valence-electron chi connectivity index (χ3n) is 1.87. The number of phenolic OH excluding ortho intramolecular Hbond substituents is 1. The minimum atomic E-state index is 0.267. The monoisotopic (exact) mass is 193 g/mol. The minimum Gasteiger partial charge on any atom is -0.508 e. The number of nitriles is 1. The van der Waals surface area contributed by atoms with Crippen LogP contribution in [-0.4, -0.2) is 11.4 Å². The first-order chi connectivity index (χ1) is 6.19. The van der Waals surface area contributed by atoms with Crippen molar-refractivity contribution in [3.63, 3.8) is 0 Å². The van der Waals surface area contributed by atoms with E-state index in [2.05, 4.69) is 6.07 Å². The van der Waals surface area contributed by atoms with Crippen LogP contribution in [0.15, 0.2) is 17.0 Å². The summed E-state index contributed by atoms with van der Waals surface area (Å²) in [5, 5.41) is 18.0. The topological polar surface area (TPSA) is 44.0 Å². The molecule has 0 spiro atoms. The van der Waals surface area contributed by atoms with Gasteiger partial charge in [0.05, 0.1) is 12.5 Å². The van der Waals surface area contributed by atoms with E-state index in [1.54, 1.807) is 17.8 Å². The summed E-state index contributed by atoms with van der Waals surface area (Å²) < 4.78 is 0. The minimum absolute atomic E-state index is 0.267. The third-order valence-corrected chi connectivity index (χ3v) is 2.69.